The Kier molecular flexibility index (Phi) is 22.1. The van der Waals surface area contributed by atoms with Gasteiger partial charge in [0.1, 0.15) is 36.3 Å². The van der Waals surface area contributed by atoms with Crippen molar-refractivity contribution >= 4 is 43.9 Å². The average molecular weight is 1350 g/mol. The maximum Gasteiger partial charge on any atom is 0.357 e. The van der Waals surface area contributed by atoms with Gasteiger partial charge in [-0.25, -0.2) is 68.5 Å². The molecule has 0 spiro atoms. The Bertz CT molecular complexity index is 4340. The van der Waals surface area contributed by atoms with Gasteiger partial charge < -0.3 is 39.4 Å². The van der Waals surface area contributed by atoms with Gasteiger partial charge in [0.05, 0.1) is 38.1 Å². The largest absolute Gasteiger partial charge is 0.497 e. The lowest BCUT2D eigenvalue weighted by Gasteiger charge is -2.26. The molecule has 6 N–H and O–H groups in total. The van der Waals surface area contributed by atoms with Crippen LogP contribution in [0.4, 0.5) is 17.6 Å². The molecule has 0 bridgehead atoms. The van der Waals surface area contributed by atoms with Crippen molar-refractivity contribution < 1.29 is 92.9 Å². The number of sulfonamides is 2. The number of nitrogens with zero attached hydrogens (tertiary/aromatic N) is 7. The van der Waals surface area contributed by atoms with Crippen molar-refractivity contribution in [2.75, 3.05) is 27.4 Å². The van der Waals surface area contributed by atoms with Crippen molar-refractivity contribution in [2.24, 2.45) is 5.14 Å². The fourth-order valence-corrected chi connectivity index (χ4v) is 12.0. The quantitative estimate of drug-likeness (QED) is 0.0299. The smallest absolute Gasteiger partial charge is 0.357 e. The monoisotopic (exact) mass is 1340 g/mol. The maximum absolute atomic E-state index is 16.2. The zero-order valence-electron chi connectivity index (χ0n) is 52.5. The second-order valence-electron chi connectivity index (χ2n) is 23.3. The first-order valence-corrected chi connectivity index (χ1v) is 31.6. The molecule has 0 saturated heterocycles. The van der Waals surface area contributed by atoms with Gasteiger partial charge in [-0.3, -0.25) is 9.59 Å². The molecule has 0 saturated carbocycles. The number of carboxylic acid groups (broad SMARTS) is 4. The van der Waals surface area contributed by atoms with Crippen LogP contribution in [0, 0.1) is 23.3 Å². The standard InChI is InChI=1S/C40H42F2N4O9S.C24H26F2N4O7S/c1-24(2)31-18-28(41)19-32(33(31)20-35(47)48)27-15-16-43-34(17-27)55-23-40(3,4)46-37(39(49)50)36(42)38(44-46)56(51,52)45(21-25-7-11-29(53-5)12-8-25)22-26-9-13-30(54-6)14-10-26;1-12(2)15-8-14(25)9-16(17(15)10-19(31)32)13-5-6-28-18(7-13)37-11-24(3,4)30-21(23(33)34)20(26)22(29-30)38(27,35)36/h7-19,24H,20-23H2,1-6H3,(H,47,48)(H,49,50);5-9,12H,10-11H2,1-4H3,(H,31,32)(H,33,34)(H2,27,35,36). The zero-order chi connectivity index (χ0) is 69.5. The van der Waals surface area contributed by atoms with Gasteiger partial charge in [-0.15, -0.1) is 0 Å². The number of ether oxygens (including phenoxy) is 4. The molecular weight excluding hydrogens is 1280 g/mol. The number of primary sulfonamides is 1. The van der Waals surface area contributed by atoms with Crippen LogP contribution >= 0.6 is 0 Å². The van der Waals surface area contributed by atoms with Gasteiger partial charge in [0, 0.05) is 37.6 Å². The number of methoxy groups -OCH3 is 2. The fraction of sp³-hybridized carbons (Fsp3) is 0.312. The number of nitrogens with two attached hydrogens (primary N) is 1. The van der Waals surface area contributed by atoms with Crippen LogP contribution in [-0.4, -0.2) is 122 Å². The van der Waals surface area contributed by atoms with Crippen LogP contribution in [0.3, 0.4) is 0 Å². The molecule has 0 aliphatic carbocycles. The molecule has 0 unspecified atom stereocenters. The summed E-state index contributed by atoms with van der Waals surface area (Å²) in [6, 6.07) is 24.3. The molecule has 0 fully saturated rings. The van der Waals surface area contributed by atoms with E-state index in [1.165, 1.54) is 90.7 Å². The Hall–Kier alpha value is -9.78. The van der Waals surface area contributed by atoms with Gasteiger partial charge in [0.15, 0.2) is 23.0 Å². The van der Waals surface area contributed by atoms with E-state index in [0.717, 1.165) is 8.99 Å². The Morgan fingerprint density at radius 2 is 0.926 bits per heavy atom. The highest BCUT2D eigenvalue weighted by Gasteiger charge is 2.41. The third-order valence-electron chi connectivity index (χ3n) is 14.7. The normalized spacial score (nSPS) is 12.0. The summed E-state index contributed by atoms with van der Waals surface area (Å²) >= 11 is 0. The lowest BCUT2D eigenvalue weighted by Crippen LogP contribution is -2.37. The topological polar surface area (TPSA) is 345 Å². The van der Waals surface area contributed by atoms with Crippen molar-refractivity contribution in [3.63, 3.8) is 0 Å². The number of aromatic nitrogens is 6. The van der Waals surface area contributed by atoms with E-state index in [1.807, 2.05) is 27.7 Å². The summed E-state index contributed by atoms with van der Waals surface area (Å²) in [5.41, 5.74) is -0.447. The molecule has 4 heterocycles. The molecule has 0 aliphatic heterocycles. The number of rotatable bonds is 27. The lowest BCUT2D eigenvalue weighted by molar-refractivity contribution is -0.137. The predicted octanol–water partition coefficient (Wildman–Crippen LogP) is 10.0. The van der Waals surface area contributed by atoms with Gasteiger partial charge in [0.25, 0.3) is 20.0 Å². The van der Waals surface area contributed by atoms with Crippen molar-refractivity contribution in [1.29, 1.82) is 0 Å². The predicted molar refractivity (Wildman–Crippen MR) is 332 cm³/mol. The van der Waals surface area contributed by atoms with E-state index in [9.17, 15) is 69.6 Å². The number of hydrogen-bond donors (Lipinski definition) is 5. The van der Waals surface area contributed by atoms with Gasteiger partial charge >= 0.3 is 23.9 Å². The summed E-state index contributed by atoms with van der Waals surface area (Å²) < 4.78 is 137. The van der Waals surface area contributed by atoms with Crippen LogP contribution in [0.5, 0.6) is 23.3 Å². The van der Waals surface area contributed by atoms with Crippen LogP contribution in [0.1, 0.15) is 122 Å². The fourth-order valence-electron chi connectivity index (χ4n) is 10.1. The van der Waals surface area contributed by atoms with Crippen molar-refractivity contribution in [3.8, 4) is 45.5 Å². The average Bonchev–Trinajstić information content (AvgIpc) is 1.59. The Labute approximate surface area is 538 Å². The summed E-state index contributed by atoms with van der Waals surface area (Å²) in [6.07, 6.45) is 2.03. The van der Waals surface area contributed by atoms with Crippen molar-refractivity contribution in [1.82, 2.24) is 33.8 Å². The van der Waals surface area contributed by atoms with E-state index in [2.05, 4.69) is 20.2 Å². The number of pyridine rings is 2. The Morgan fingerprint density at radius 3 is 1.26 bits per heavy atom. The number of carbonyl (C=O) groups is 4. The van der Waals surface area contributed by atoms with E-state index >= 15 is 4.39 Å². The molecule has 24 nitrogen and oxygen atoms in total. The van der Waals surface area contributed by atoms with Crippen LogP contribution in [0.15, 0.2) is 120 Å². The minimum atomic E-state index is -4.81. The summed E-state index contributed by atoms with van der Waals surface area (Å²) in [7, 11) is -6.48. The SMILES string of the molecule is CC(C)c1cc(F)cc(-c2ccnc(OCC(C)(C)n3nc(S(N)(=O)=O)c(F)c3C(=O)O)c2)c1CC(=O)O.COc1ccc(CN(Cc2ccc(OC)cc2)S(=O)(=O)c2nn(C(C)(C)COc3cc(-c4cc(F)cc(C(C)C)c4CC(=O)O)ccn3)c(C(=O)O)c2F)cc1. The molecule has 0 aliphatic rings. The summed E-state index contributed by atoms with van der Waals surface area (Å²) in [4.78, 5) is 55.8. The Morgan fingerprint density at radius 1 is 0.564 bits per heavy atom. The molecule has 8 aromatic rings. The van der Waals surface area contributed by atoms with E-state index in [1.54, 1.807) is 60.7 Å². The number of aliphatic carboxylic acids is 2. The highest BCUT2D eigenvalue weighted by molar-refractivity contribution is 7.89. The van der Waals surface area contributed by atoms with Crippen LogP contribution in [-0.2, 0) is 66.6 Å². The number of benzene rings is 4. The third kappa shape index (κ3) is 16.7. The van der Waals surface area contributed by atoms with Crippen molar-refractivity contribution in [3.05, 3.63) is 177 Å². The van der Waals surface area contributed by atoms with E-state index < -0.39 is 99.7 Å². The molecule has 8 rings (SSSR count). The highest BCUT2D eigenvalue weighted by Crippen LogP contribution is 2.37. The van der Waals surface area contributed by atoms with Crippen LogP contribution in [0.2, 0.25) is 0 Å². The molecular formula is C64H68F4N8O16S2. The van der Waals surface area contributed by atoms with Gasteiger partial charge in [0.2, 0.25) is 21.8 Å². The first kappa shape index (κ1) is 71.7. The second kappa shape index (κ2) is 29.0. The molecule has 0 radical (unpaired) electrons. The number of hydrogen-bond acceptors (Lipinski definition) is 16. The molecule has 4 aromatic carbocycles. The molecule has 30 heteroatoms. The third-order valence-corrected chi connectivity index (χ3v) is 17.2. The minimum Gasteiger partial charge on any atom is -0.497 e. The maximum atomic E-state index is 16.2. The lowest BCUT2D eigenvalue weighted by atomic mass is 9.88. The highest BCUT2D eigenvalue weighted by atomic mass is 32.2. The van der Waals surface area contributed by atoms with E-state index in [4.69, 9.17) is 24.1 Å². The first-order valence-electron chi connectivity index (χ1n) is 28.6. The van der Waals surface area contributed by atoms with Gasteiger partial charge in [-0.2, -0.15) is 14.5 Å². The Balaban J connectivity index is 0.000000287. The molecule has 0 atom stereocenters. The number of halogens is 4. The number of carboxylic acids is 4. The van der Waals surface area contributed by atoms with Gasteiger partial charge in [-0.1, -0.05) is 52.0 Å². The first-order chi connectivity index (χ1) is 44.0. The van der Waals surface area contributed by atoms with Crippen molar-refractivity contribution in [2.45, 2.75) is 114 Å². The summed E-state index contributed by atoms with van der Waals surface area (Å²) in [5.74, 6) is -9.25. The van der Waals surface area contributed by atoms with Crippen LogP contribution < -0.4 is 24.1 Å². The molecule has 4 aromatic heterocycles. The van der Waals surface area contributed by atoms with Gasteiger partial charge in [-0.05, 0) is 156 Å². The summed E-state index contributed by atoms with van der Waals surface area (Å²) in [5, 5.41) is 49.0. The molecule has 0 amide bonds. The summed E-state index contributed by atoms with van der Waals surface area (Å²) in [6.45, 7) is 11.9. The zero-order valence-corrected chi connectivity index (χ0v) is 54.1. The molecule has 500 valence electrons. The second-order valence-corrected chi connectivity index (χ2v) is 26.7. The van der Waals surface area contributed by atoms with E-state index in [0.29, 0.717) is 71.8 Å². The minimum absolute atomic E-state index is 0.00313. The molecule has 94 heavy (non-hydrogen) atoms. The van der Waals surface area contributed by atoms with E-state index in [-0.39, 0.29) is 62.7 Å². The number of aromatic carboxylic acids is 2. The van der Waals surface area contributed by atoms with Crippen LogP contribution in [0.25, 0.3) is 22.3 Å².